The Balaban J connectivity index is 1.50. The number of thiocarbonyl (C=S) groups is 1. The number of ether oxygens (including phenoxy) is 1. The first-order valence-electron chi connectivity index (χ1n) is 9.96. The summed E-state index contributed by atoms with van der Waals surface area (Å²) in [6, 6.07) is 13.7. The van der Waals surface area contributed by atoms with Crippen LogP contribution < -0.4 is 5.32 Å². The Hall–Kier alpha value is -2.68. The normalized spacial score (nSPS) is 14.7. The summed E-state index contributed by atoms with van der Waals surface area (Å²) in [4.78, 5) is 38.6. The molecular formula is C23H21ClN2O4S2. The number of amides is 2. The average molecular weight is 489 g/mol. The number of hydrogen-bond acceptors (Lipinski definition) is 6. The second-order valence-electron chi connectivity index (χ2n) is 6.80. The van der Waals surface area contributed by atoms with Crippen LogP contribution in [-0.2, 0) is 14.3 Å². The van der Waals surface area contributed by atoms with Crippen molar-refractivity contribution in [3.05, 3.63) is 69.6 Å². The van der Waals surface area contributed by atoms with Gasteiger partial charge in [-0.2, -0.15) is 0 Å². The monoisotopic (exact) mass is 488 g/mol. The van der Waals surface area contributed by atoms with Crippen LogP contribution in [0.4, 0.5) is 5.69 Å². The topological polar surface area (TPSA) is 75.7 Å². The molecule has 166 valence electrons. The van der Waals surface area contributed by atoms with E-state index in [1.165, 1.54) is 16.7 Å². The smallest absolute Gasteiger partial charge is 0.338 e. The van der Waals surface area contributed by atoms with E-state index in [1.807, 2.05) is 18.2 Å². The molecule has 6 nitrogen and oxygen atoms in total. The van der Waals surface area contributed by atoms with Crippen LogP contribution >= 0.6 is 35.6 Å². The third-order valence-corrected chi connectivity index (χ3v) is 6.25. The fourth-order valence-electron chi connectivity index (χ4n) is 2.95. The lowest BCUT2D eigenvalue weighted by atomic mass is 10.2. The molecule has 1 aliphatic rings. The molecule has 1 fully saturated rings. The van der Waals surface area contributed by atoms with Gasteiger partial charge in [-0.05, 0) is 55.3 Å². The van der Waals surface area contributed by atoms with Gasteiger partial charge in [-0.3, -0.25) is 14.5 Å². The summed E-state index contributed by atoms with van der Waals surface area (Å²) >= 11 is 12.7. The molecule has 2 aromatic rings. The molecule has 3 rings (SSSR count). The van der Waals surface area contributed by atoms with Gasteiger partial charge in [0.25, 0.3) is 5.91 Å². The maximum absolute atomic E-state index is 12.7. The van der Waals surface area contributed by atoms with Crippen molar-refractivity contribution in [2.75, 3.05) is 18.5 Å². The minimum atomic E-state index is -0.405. The fraction of sp³-hybridized carbons (Fsp3) is 0.217. The van der Waals surface area contributed by atoms with Crippen LogP contribution in [0.3, 0.4) is 0 Å². The first kappa shape index (κ1) is 24.0. The van der Waals surface area contributed by atoms with Crippen molar-refractivity contribution in [1.29, 1.82) is 0 Å². The predicted octanol–water partition coefficient (Wildman–Crippen LogP) is 5.14. The van der Waals surface area contributed by atoms with E-state index in [0.29, 0.717) is 45.1 Å². The molecule has 0 aliphatic carbocycles. The highest BCUT2D eigenvalue weighted by molar-refractivity contribution is 8.26. The van der Waals surface area contributed by atoms with E-state index in [1.54, 1.807) is 43.3 Å². The number of nitrogens with zero attached hydrogens (tertiary/aromatic N) is 1. The molecule has 2 amide bonds. The predicted molar refractivity (Wildman–Crippen MR) is 132 cm³/mol. The summed E-state index contributed by atoms with van der Waals surface area (Å²) in [6.07, 6.45) is 2.41. The second kappa shape index (κ2) is 11.3. The van der Waals surface area contributed by atoms with Gasteiger partial charge in [-0.25, -0.2) is 4.79 Å². The lowest BCUT2D eigenvalue weighted by molar-refractivity contribution is -0.122. The number of thioether (sulfide) groups is 1. The zero-order valence-corrected chi connectivity index (χ0v) is 19.7. The van der Waals surface area contributed by atoms with Crippen molar-refractivity contribution in [2.45, 2.75) is 19.8 Å². The van der Waals surface area contributed by atoms with Crippen LogP contribution in [0.2, 0.25) is 5.02 Å². The Morgan fingerprint density at radius 2 is 1.91 bits per heavy atom. The molecule has 0 aromatic heterocycles. The minimum absolute atomic E-state index is 0.185. The number of hydrogen-bond donors (Lipinski definition) is 1. The van der Waals surface area contributed by atoms with Crippen LogP contribution in [0.5, 0.6) is 0 Å². The van der Waals surface area contributed by atoms with Crippen molar-refractivity contribution in [2.24, 2.45) is 0 Å². The van der Waals surface area contributed by atoms with Gasteiger partial charge >= 0.3 is 5.97 Å². The van der Waals surface area contributed by atoms with E-state index in [9.17, 15) is 14.4 Å². The zero-order chi connectivity index (χ0) is 23.1. The summed E-state index contributed by atoms with van der Waals surface area (Å²) in [6.45, 7) is 2.39. The number of nitrogens with one attached hydrogen (secondary N) is 1. The number of benzene rings is 2. The van der Waals surface area contributed by atoms with Gasteiger partial charge in [0, 0.05) is 23.7 Å². The molecule has 0 radical (unpaired) electrons. The molecular weight excluding hydrogens is 468 g/mol. The number of anilines is 1. The molecule has 0 saturated carbocycles. The highest BCUT2D eigenvalue weighted by atomic mass is 35.5. The van der Waals surface area contributed by atoms with E-state index in [0.717, 1.165) is 5.56 Å². The third kappa shape index (κ3) is 6.18. The molecule has 9 heteroatoms. The van der Waals surface area contributed by atoms with Gasteiger partial charge in [-0.1, -0.05) is 53.8 Å². The highest BCUT2D eigenvalue weighted by Crippen LogP contribution is 2.33. The zero-order valence-electron chi connectivity index (χ0n) is 17.3. The second-order valence-corrected chi connectivity index (χ2v) is 8.89. The lowest BCUT2D eigenvalue weighted by Gasteiger charge is -2.14. The van der Waals surface area contributed by atoms with E-state index in [4.69, 9.17) is 28.6 Å². The van der Waals surface area contributed by atoms with Crippen LogP contribution in [0.15, 0.2) is 53.4 Å². The number of halogens is 1. The number of esters is 1. The summed E-state index contributed by atoms with van der Waals surface area (Å²) in [7, 11) is 0. The fourth-order valence-corrected chi connectivity index (χ4v) is 4.44. The van der Waals surface area contributed by atoms with Crippen LogP contribution in [-0.4, -0.2) is 40.2 Å². The van der Waals surface area contributed by atoms with Gasteiger partial charge < -0.3 is 10.1 Å². The molecule has 32 heavy (non-hydrogen) atoms. The van der Waals surface area contributed by atoms with E-state index >= 15 is 0 Å². The summed E-state index contributed by atoms with van der Waals surface area (Å²) < 4.78 is 5.39. The SMILES string of the molecule is CCOC(=O)c1ccc(NC(=O)CCCN2C(=O)C(=Cc3ccccc3Cl)SC2=S)cc1. The third-order valence-electron chi connectivity index (χ3n) is 4.53. The van der Waals surface area contributed by atoms with Gasteiger partial charge in [0.2, 0.25) is 5.91 Å². The lowest BCUT2D eigenvalue weighted by Crippen LogP contribution is -2.29. The molecule has 0 unspecified atom stereocenters. The molecule has 1 saturated heterocycles. The van der Waals surface area contributed by atoms with Crippen molar-refractivity contribution < 1.29 is 19.1 Å². The van der Waals surface area contributed by atoms with Gasteiger partial charge in [0.05, 0.1) is 17.1 Å². The number of rotatable bonds is 8. The number of carbonyl (C=O) groups is 3. The van der Waals surface area contributed by atoms with E-state index in [2.05, 4.69) is 5.32 Å². The molecule has 1 aliphatic heterocycles. The molecule has 2 aromatic carbocycles. The first-order chi connectivity index (χ1) is 15.4. The van der Waals surface area contributed by atoms with Crippen LogP contribution in [0, 0.1) is 0 Å². The Bertz CT molecular complexity index is 1070. The summed E-state index contributed by atoms with van der Waals surface area (Å²) in [5.74, 6) is -0.779. The summed E-state index contributed by atoms with van der Waals surface area (Å²) in [5.41, 5.74) is 1.75. The quantitative estimate of drug-likeness (QED) is 0.315. The van der Waals surface area contributed by atoms with Crippen molar-refractivity contribution >= 4 is 69.4 Å². The average Bonchev–Trinajstić information content (AvgIpc) is 3.03. The minimum Gasteiger partial charge on any atom is -0.462 e. The maximum atomic E-state index is 12.7. The van der Waals surface area contributed by atoms with Crippen molar-refractivity contribution in [3.8, 4) is 0 Å². The molecule has 0 atom stereocenters. The van der Waals surface area contributed by atoms with Crippen molar-refractivity contribution in [3.63, 3.8) is 0 Å². The Morgan fingerprint density at radius 3 is 2.59 bits per heavy atom. The standard InChI is InChI=1S/C23H21ClN2O4S2/c1-2-30-22(29)15-9-11-17(12-10-15)25-20(27)8-5-13-26-21(28)19(32-23(26)31)14-16-6-3-4-7-18(16)24/h3-4,6-7,9-12,14H,2,5,8,13H2,1H3,(H,25,27). The first-order valence-corrected chi connectivity index (χ1v) is 11.6. The van der Waals surface area contributed by atoms with Crippen LogP contribution in [0.1, 0.15) is 35.7 Å². The Morgan fingerprint density at radius 1 is 1.19 bits per heavy atom. The van der Waals surface area contributed by atoms with Gasteiger partial charge in [0.1, 0.15) is 4.32 Å². The summed E-state index contributed by atoms with van der Waals surface area (Å²) in [5, 5.41) is 3.34. The van der Waals surface area contributed by atoms with Gasteiger partial charge in [-0.15, -0.1) is 0 Å². The molecule has 0 spiro atoms. The molecule has 1 heterocycles. The molecule has 0 bridgehead atoms. The maximum Gasteiger partial charge on any atom is 0.338 e. The molecule has 1 N–H and O–H groups in total. The van der Waals surface area contributed by atoms with Crippen LogP contribution in [0.25, 0.3) is 6.08 Å². The highest BCUT2D eigenvalue weighted by Gasteiger charge is 2.31. The van der Waals surface area contributed by atoms with E-state index in [-0.39, 0.29) is 18.2 Å². The Kier molecular flexibility index (Phi) is 8.44. The van der Waals surface area contributed by atoms with Crippen molar-refractivity contribution in [1.82, 2.24) is 4.90 Å². The van der Waals surface area contributed by atoms with E-state index < -0.39 is 5.97 Å². The Labute approximate surface area is 201 Å². The largest absolute Gasteiger partial charge is 0.462 e. The number of carbonyl (C=O) groups excluding carboxylic acids is 3. The van der Waals surface area contributed by atoms with Gasteiger partial charge in [0.15, 0.2) is 0 Å².